The van der Waals surface area contributed by atoms with Gasteiger partial charge in [0.1, 0.15) is 6.61 Å². The monoisotopic (exact) mass is 377 g/mol. The van der Waals surface area contributed by atoms with Crippen LogP contribution in [0.4, 0.5) is 0 Å². The normalized spacial score (nSPS) is 10.9. The Hall–Kier alpha value is -0.350. The second kappa shape index (κ2) is 14.3. The Labute approximate surface area is 148 Å². The molecule has 0 heterocycles. The zero-order valence-electron chi connectivity index (χ0n) is 15.0. The molecule has 0 unspecified atom stereocenters. The minimum atomic E-state index is -0.308. The summed E-state index contributed by atoms with van der Waals surface area (Å²) in [5.74, 6) is -0.308. The summed E-state index contributed by atoms with van der Waals surface area (Å²) in [6.07, 6.45) is 10.6. The molecule has 0 saturated carbocycles. The maximum Gasteiger partial charge on any atom is 0.333 e. The van der Waals surface area contributed by atoms with E-state index in [-0.39, 0.29) is 28.5 Å². The summed E-state index contributed by atoms with van der Waals surface area (Å²) in [6.45, 7) is 13.0. The third-order valence-electron chi connectivity index (χ3n) is 3.55. The van der Waals surface area contributed by atoms with Gasteiger partial charge in [-0.3, -0.25) is 0 Å². The number of carbonyl (C=O) groups is 1. The van der Waals surface area contributed by atoms with Gasteiger partial charge < -0.3 is 10.1 Å². The van der Waals surface area contributed by atoms with E-state index >= 15 is 0 Å². The SMILES string of the molecule is Br.C=C(C)C(=O)OCC(C)(C)NCCCCCCCCCC. The average Bonchev–Trinajstić information content (AvgIpc) is 2.43. The summed E-state index contributed by atoms with van der Waals surface area (Å²) in [6, 6.07) is 0. The first kappa shape index (κ1) is 23.9. The Bertz CT molecular complexity index is 303. The maximum atomic E-state index is 11.4. The molecule has 4 heteroatoms. The molecule has 132 valence electrons. The number of ether oxygens (including phenoxy) is 1. The van der Waals surface area contributed by atoms with Crippen LogP contribution in [-0.2, 0) is 9.53 Å². The van der Waals surface area contributed by atoms with Gasteiger partial charge in [-0.2, -0.15) is 0 Å². The number of hydrogen-bond acceptors (Lipinski definition) is 3. The molecule has 0 bridgehead atoms. The minimum Gasteiger partial charge on any atom is -0.460 e. The average molecular weight is 378 g/mol. The summed E-state index contributed by atoms with van der Waals surface area (Å²) in [7, 11) is 0. The van der Waals surface area contributed by atoms with E-state index < -0.39 is 0 Å². The van der Waals surface area contributed by atoms with Crippen LogP contribution < -0.4 is 5.32 Å². The van der Waals surface area contributed by atoms with Crippen LogP contribution in [0.1, 0.15) is 79.1 Å². The Morgan fingerprint density at radius 2 is 1.55 bits per heavy atom. The van der Waals surface area contributed by atoms with E-state index in [9.17, 15) is 4.79 Å². The van der Waals surface area contributed by atoms with Crippen LogP contribution in [0, 0.1) is 0 Å². The first-order valence-electron chi connectivity index (χ1n) is 8.46. The van der Waals surface area contributed by atoms with Gasteiger partial charge in [-0.25, -0.2) is 4.79 Å². The molecule has 0 aliphatic heterocycles. The molecule has 22 heavy (non-hydrogen) atoms. The zero-order valence-corrected chi connectivity index (χ0v) is 16.7. The van der Waals surface area contributed by atoms with Gasteiger partial charge in [0.15, 0.2) is 0 Å². The molecular formula is C18H36BrNO2. The van der Waals surface area contributed by atoms with Gasteiger partial charge >= 0.3 is 5.97 Å². The second-order valence-corrected chi connectivity index (χ2v) is 6.64. The van der Waals surface area contributed by atoms with Crippen LogP contribution in [0.2, 0.25) is 0 Å². The van der Waals surface area contributed by atoms with Gasteiger partial charge in [-0.05, 0) is 33.7 Å². The van der Waals surface area contributed by atoms with Gasteiger partial charge in [-0.1, -0.05) is 58.4 Å². The molecular weight excluding hydrogens is 342 g/mol. The predicted molar refractivity (Wildman–Crippen MR) is 101 cm³/mol. The molecule has 1 N–H and O–H groups in total. The number of rotatable bonds is 13. The van der Waals surface area contributed by atoms with Gasteiger partial charge in [0.05, 0.1) is 0 Å². The Balaban J connectivity index is 0. The van der Waals surface area contributed by atoms with Crippen LogP contribution in [-0.4, -0.2) is 24.7 Å². The van der Waals surface area contributed by atoms with Gasteiger partial charge in [0, 0.05) is 11.1 Å². The highest BCUT2D eigenvalue weighted by molar-refractivity contribution is 8.93. The summed E-state index contributed by atoms with van der Waals surface area (Å²) < 4.78 is 5.20. The van der Waals surface area contributed by atoms with E-state index in [1.165, 1.54) is 51.4 Å². The van der Waals surface area contributed by atoms with Crippen LogP contribution in [0.15, 0.2) is 12.2 Å². The molecule has 3 nitrogen and oxygen atoms in total. The van der Waals surface area contributed by atoms with E-state index in [1.54, 1.807) is 6.92 Å². The summed E-state index contributed by atoms with van der Waals surface area (Å²) >= 11 is 0. The third-order valence-corrected chi connectivity index (χ3v) is 3.55. The quantitative estimate of drug-likeness (QED) is 0.272. The highest BCUT2D eigenvalue weighted by Gasteiger charge is 2.19. The van der Waals surface area contributed by atoms with Crippen molar-refractivity contribution in [3.63, 3.8) is 0 Å². The molecule has 0 aliphatic rings. The standard InChI is InChI=1S/C18H35NO2.BrH/c1-6-7-8-9-10-11-12-13-14-19-18(4,5)15-21-17(20)16(2)3;/h19H,2,6-15H2,1,3-5H3;1H. The molecule has 0 radical (unpaired) electrons. The first-order valence-corrected chi connectivity index (χ1v) is 8.46. The lowest BCUT2D eigenvalue weighted by molar-refractivity contribution is -0.140. The zero-order chi connectivity index (χ0) is 16.1. The molecule has 0 aliphatic carbocycles. The van der Waals surface area contributed by atoms with Crippen molar-refractivity contribution in [3.8, 4) is 0 Å². The lowest BCUT2D eigenvalue weighted by Crippen LogP contribution is -2.44. The lowest BCUT2D eigenvalue weighted by Gasteiger charge is -2.26. The summed E-state index contributed by atoms with van der Waals surface area (Å²) in [5, 5.41) is 3.46. The molecule has 0 rings (SSSR count). The smallest absolute Gasteiger partial charge is 0.333 e. The number of hydrogen-bond donors (Lipinski definition) is 1. The Morgan fingerprint density at radius 3 is 2.05 bits per heavy atom. The predicted octanol–water partition coefficient (Wildman–Crippen LogP) is 5.19. The van der Waals surface area contributed by atoms with Crippen molar-refractivity contribution in [1.29, 1.82) is 0 Å². The van der Waals surface area contributed by atoms with Gasteiger partial charge in [0.2, 0.25) is 0 Å². The van der Waals surface area contributed by atoms with Crippen molar-refractivity contribution in [1.82, 2.24) is 5.32 Å². The third kappa shape index (κ3) is 14.6. The molecule has 0 saturated heterocycles. The highest BCUT2D eigenvalue weighted by Crippen LogP contribution is 2.09. The molecule has 0 fully saturated rings. The van der Waals surface area contributed by atoms with Crippen LogP contribution in [0.5, 0.6) is 0 Å². The molecule has 0 amide bonds. The summed E-state index contributed by atoms with van der Waals surface area (Å²) in [4.78, 5) is 11.4. The van der Waals surface area contributed by atoms with Gasteiger partial charge in [-0.15, -0.1) is 17.0 Å². The fourth-order valence-electron chi connectivity index (χ4n) is 2.11. The van der Waals surface area contributed by atoms with Crippen molar-refractivity contribution < 1.29 is 9.53 Å². The molecule has 0 spiro atoms. The van der Waals surface area contributed by atoms with E-state index in [0.717, 1.165) is 6.54 Å². The van der Waals surface area contributed by atoms with E-state index in [0.29, 0.717) is 12.2 Å². The van der Waals surface area contributed by atoms with Crippen LogP contribution >= 0.6 is 17.0 Å². The van der Waals surface area contributed by atoms with Crippen LogP contribution in [0.25, 0.3) is 0 Å². The molecule has 0 atom stereocenters. The molecule has 0 aromatic rings. The Morgan fingerprint density at radius 1 is 1.05 bits per heavy atom. The molecule has 0 aromatic heterocycles. The first-order chi connectivity index (χ1) is 9.89. The summed E-state index contributed by atoms with van der Waals surface area (Å²) in [5.41, 5.74) is 0.278. The number of halogens is 1. The van der Waals surface area contributed by atoms with Crippen molar-refractivity contribution in [3.05, 3.63) is 12.2 Å². The number of unbranched alkanes of at least 4 members (excludes halogenated alkanes) is 7. The van der Waals surface area contributed by atoms with Crippen LogP contribution in [0.3, 0.4) is 0 Å². The van der Waals surface area contributed by atoms with Gasteiger partial charge in [0.25, 0.3) is 0 Å². The van der Waals surface area contributed by atoms with E-state index in [4.69, 9.17) is 4.74 Å². The van der Waals surface area contributed by atoms with Crippen molar-refractivity contribution in [2.45, 2.75) is 84.6 Å². The number of carbonyl (C=O) groups excluding carboxylic acids is 1. The highest BCUT2D eigenvalue weighted by atomic mass is 79.9. The Kier molecular flexibility index (Phi) is 15.5. The van der Waals surface area contributed by atoms with Crippen molar-refractivity contribution in [2.24, 2.45) is 0 Å². The number of nitrogens with one attached hydrogen (secondary N) is 1. The van der Waals surface area contributed by atoms with Crippen molar-refractivity contribution in [2.75, 3.05) is 13.2 Å². The fraction of sp³-hybridized carbons (Fsp3) is 0.833. The molecule has 0 aromatic carbocycles. The largest absolute Gasteiger partial charge is 0.460 e. The van der Waals surface area contributed by atoms with E-state index in [2.05, 4.69) is 32.7 Å². The number of esters is 1. The second-order valence-electron chi connectivity index (χ2n) is 6.64. The topological polar surface area (TPSA) is 38.3 Å². The minimum absolute atomic E-state index is 0. The van der Waals surface area contributed by atoms with Crippen molar-refractivity contribution >= 4 is 23.0 Å². The fourth-order valence-corrected chi connectivity index (χ4v) is 2.11. The maximum absolute atomic E-state index is 11.4. The lowest BCUT2D eigenvalue weighted by atomic mass is 10.1. The van der Waals surface area contributed by atoms with E-state index in [1.807, 2.05) is 0 Å².